The van der Waals surface area contributed by atoms with Crippen LogP contribution in [0.2, 0.25) is 0 Å². The van der Waals surface area contributed by atoms with E-state index in [1.54, 1.807) is 22.0 Å². The Kier molecular flexibility index (Phi) is 5.15. The van der Waals surface area contributed by atoms with Crippen molar-refractivity contribution in [3.63, 3.8) is 0 Å². The van der Waals surface area contributed by atoms with Crippen molar-refractivity contribution in [3.8, 4) is 0 Å². The van der Waals surface area contributed by atoms with Crippen LogP contribution >= 0.6 is 0 Å². The van der Waals surface area contributed by atoms with Gasteiger partial charge in [0.1, 0.15) is 0 Å². The molecule has 25 heavy (non-hydrogen) atoms. The van der Waals surface area contributed by atoms with Gasteiger partial charge in [-0.2, -0.15) is 0 Å². The van der Waals surface area contributed by atoms with Crippen molar-refractivity contribution >= 4 is 5.91 Å². The molecule has 1 unspecified atom stereocenters. The van der Waals surface area contributed by atoms with Crippen molar-refractivity contribution in [2.75, 3.05) is 26.7 Å². The maximum absolute atomic E-state index is 12.5. The molecular formula is C18H25N5O2. The van der Waals surface area contributed by atoms with Gasteiger partial charge in [-0.3, -0.25) is 9.69 Å². The Bertz CT molecular complexity index is 718. The fourth-order valence-corrected chi connectivity index (χ4v) is 3.27. The maximum Gasteiger partial charge on any atom is 0.236 e. The first-order chi connectivity index (χ1) is 12.0. The molecular weight excluding hydrogens is 318 g/mol. The fraction of sp³-hybridized carbons (Fsp3) is 0.500. The molecule has 2 heterocycles. The molecule has 1 amide bonds. The van der Waals surface area contributed by atoms with E-state index in [1.807, 2.05) is 30.1 Å². The minimum atomic E-state index is -0.859. The number of carbonyl (C=O) groups excluding carboxylic acids is 1. The van der Waals surface area contributed by atoms with Gasteiger partial charge in [-0.25, -0.2) is 4.68 Å². The highest BCUT2D eigenvalue weighted by atomic mass is 16.3. The van der Waals surface area contributed by atoms with E-state index in [2.05, 4.69) is 23.3 Å². The van der Waals surface area contributed by atoms with Gasteiger partial charge in [-0.15, -0.1) is 5.10 Å². The monoisotopic (exact) mass is 343 g/mol. The number of benzene rings is 1. The average Bonchev–Trinajstić information content (AvgIpc) is 3.19. The van der Waals surface area contributed by atoms with E-state index in [-0.39, 0.29) is 5.91 Å². The smallest absolute Gasteiger partial charge is 0.236 e. The molecule has 1 aliphatic rings. The molecule has 0 radical (unpaired) electrons. The zero-order valence-corrected chi connectivity index (χ0v) is 14.8. The van der Waals surface area contributed by atoms with Gasteiger partial charge in [0, 0.05) is 32.9 Å². The van der Waals surface area contributed by atoms with Crippen LogP contribution in [0.4, 0.5) is 0 Å². The summed E-state index contributed by atoms with van der Waals surface area (Å²) in [6, 6.07) is 8.09. The first-order valence-electron chi connectivity index (χ1n) is 8.52. The van der Waals surface area contributed by atoms with Crippen LogP contribution in [-0.4, -0.2) is 68.1 Å². The molecule has 0 bridgehead atoms. The summed E-state index contributed by atoms with van der Waals surface area (Å²) < 4.78 is 1.63. The minimum absolute atomic E-state index is 0.0632. The number of likely N-dealkylation sites (tertiary alicyclic amines) is 1. The van der Waals surface area contributed by atoms with E-state index >= 15 is 0 Å². The fourth-order valence-electron chi connectivity index (χ4n) is 3.27. The van der Waals surface area contributed by atoms with Crippen LogP contribution in [-0.2, 0) is 17.9 Å². The lowest BCUT2D eigenvalue weighted by atomic mass is 10.0. The van der Waals surface area contributed by atoms with Gasteiger partial charge in [0.05, 0.1) is 24.9 Å². The van der Waals surface area contributed by atoms with Gasteiger partial charge >= 0.3 is 0 Å². The zero-order chi connectivity index (χ0) is 17.9. The second-order valence-corrected chi connectivity index (χ2v) is 6.96. The summed E-state index contributed by atoms with van der Waals surface area (Å²) in [5.41, 5.74) is 1.48. The molecule has 2 aromatic rings. The molecule has 0 aliphatic carbocycles. The third kappa shape index (κ3) is 4.43. The lowest BCUT2D eigenvalue weighted by Gasteiger charge is -2.25. The number of likely N-dealkylation sites (N-methyl/N-ethyl adjacent to an activating group) is 1. The Morgan fingerprint density at radius 1 is 1.40 bits per heavy atom. The van der Waals surface area contributed by atoms with Crippen molar-refractivity contribution in [2.45, 2.75) is 32.0 Å². The van der Waals surface area contributed by atoms with E-state index in [9.17, 15) is 9.90 Å². The Morgan fingerprint density at radius 2 is 2.20 bits per heavy atom. The summed E-state index contributed by atoms with van der Waals surface area (Å²) in [6.07, 6.45) is 3.96. The third-order valence-corrected chi connectivity index (χ3v) is 4.79. The average molecular weight is 343 g/mol. The summed E-state index contributed by atoms with van der Waals surface area (Å²) in [5.74, 6) is 0.0632. The summed E-state index contributed by atoms with van der Waals surface area (Å²) >= 11 is 0. The molecule has 7 nitrogen and oxygen atoms in total. The molecule has 1 fully saturated rings. The molecule has 1 aromatic carbocycles. The zero-order valence-electron chi connectivity index (χ0n) is 14.8. The Hall–Kier alpha value is -2.25. The largest absolute Gasteiger partial charge is 0.387 e. The van der Waals surface area contributed by atoms with Crippen LogP contribution in [0.1, 0.15) is 17.5 Å². The normalized spacial score (nSPS) is 20.8. The summed E-state index contributed by atoms with van der Waals surface area (Å²) in [7, 11) is 1.83. The van der Waals surface area contributed by atoms with Crippen molar-refractivity contribution in [3.05, 3.63) is 47.8 Å². The molecule has 1 saturated heterocycles. The van der Waals surface area contributed by atoms with Crippen LogP contribution in [0.5, 0.6) is 0 Å². The second-order valence-electron chi connectivity index (χ2n) is 6.96. The molecule has 0 spiro atoms. The van der Waals surface area contributed by atoms with Crippen molar-refractivity contribution < 1.29 is 9.90 Å². The molecule has 1 aromatic heterocycles. The standard InChI is InChI=1S/C18H25N5O2/c1-15-5-3-4-6-16(15)11-21(2)17(24)12-22-9-7-18(25,13-22)14-23-10-8-19-20-23/h3-6,8,10,25H,7,9,11-14H2,1-2H3. The van der Waals surface area contributed by atoms with E-state index in [0.29, 0.717) is 39.1 Å². The summed E-state index contributed by atoms with van der Waals surface area (Å²) in [6.45, 7) is 4.55. The first-order valence-corrected chi connectivity index (χ1v) is 8.52. The number of amides is 1. The van der Waals surface area contributed by atoms with Crippen molar-refractivity contribution in [2.24, 2.45) is 0 Å². The number of aryl methyl sites for hydroxylation is 1. The highest BCUT2D eigenvalue weighted by Gasteiger charge is 2.37. The van der Waals surface area contributed by atoms with Crippen molar-refractivity contribution in [1.82, 2.24) is 24.8 Å². The predicted octanol–water partition coefficient (Wildman–Crippen LogP) is 0.682. The number of aromatic nitrogens is 3. The van der Waals surface area contributed by atoms with E-state index in [0.717, 1.165) is 5.56 Å². The van der Waals surface area contributed by atoms with Crippen LogP contribution in [0, 0.1) is 6.92 Å². The Labute approximate surface area is 147 Å². The lowest BCUT2D eigenvalue weighted by Crippen LogP contribution is -2.41. The van der Waals surface area contributed by atoms with Gasteiger partial charge in [0.2, 0.25) is 5.91 Å². The van der Waals surface area contributed by atoms with Crippen molar-refractivity contribution in [1.29, 1.82) is 0 Å². The van der Waals surface area contributed by atoms with Gasteiger partial charge in [0.15, 0.2) is 0 Å². The van der Waals surface area contributed by atoms with Gasteiger partial charge in [0.25, 0.3) is 0 Å². The Morgan fingerprint density at radius 3 is 2.92 bits per heavy atom. The molecule has 0 saturated carbocycles. The van der Waals surface area contributed by atoms with Gasteiger partial charge in [-0.05, 0) is 24.5 Å². The van der Waals surface area contributed by atoms with Crippen LogP contribution in [0.15, 0.2) is 36.7 Å². The van der Waals surface area contributed by atoms with E-state index in [1.165, 1.54) is 5.56 Å². The number of β-amino-alcohol motifs (C(OH)–C–C–N with tert-alkyl or cyclic N) is 1. The highest BCUT2D eigenvalue weighted by molar-refractivity contribution is 5.78. The van der Waals surface area contributed by atoms with Gasteiger partial charge in [-0.1, -0.05) is 29.5 Å². The van der Waals surface area contributed by atoms with Crippen LogP contribution in [0.3, 0.4) is 0 Å². The van der Waals surface area contributed by atoms with Crippen LogP contribution < -0.4 is 0 Å². The topological polar surface area (TPSA) is 74.5 Å². The summed E-state index contributed by atoms with van der Waals surface area (Å²) in [5, 5.41) is 18.4. The number of nitrogens with zero attached hydrogens (tertiary/aromatic N) is 5. The maximum atomic E-state index is 12.5. The predicted molar refractivity (Wildman–Crippen MR) is 93.7 cm³/mol. The molecule has 3 rings (SSSR count). The minimum Gasteiger partial charge on any atom is -0.387 e. The first kappa shape index (κ1) is 17.6. The molecule has 1 atom stereocenters. The molecule has 1 aliphatic heterocycles. The number of rotatable bonds is 6. The summed E-state index contributed by atoms with van der Waals surface area (Å²) in [4.78, 5) is 16.3. The second kappa shape index (κ2) is 7.33. The molecule has 7 heteroatoms. The lowest BCUT2D eigenvalue weighted by molar-refractivity contribution is -0.131. The van der Waals surface area contributed by atoms with Gasteiger partial charge < -0.3 is 10.0 Å². The number of aliphatic hydroxyl groups is 1. The SMILES string of the molecule is Cc1ccccc1CN(C)C(=O)CN1CCC(O)(Cn2ccnn2)C1. The van der Waals surface area contributed by atoms with Crippen LogP contribution in [0.25, 0.3) is 0 Å². The number of hydrogen-bond donors (Lipinski definition) is 1. The highest BCUT2D eigenvalue weighted by Crippen LogP contribution is 2.23. The molecule has 134 valence electrons. The third-order valence-electron chi connectivity index (χ3n) is 4.79. The van der Waals surface area contributed by atoms with E-state index < -0.39 is 5.60 Å². The van der Waals surface area contributed by atoms with E-state index in [4.69, 9.17) is 0 Å². The Balaban J connectivity index is 1.52. The number of hydrogen-bond acceptors (Lipinski definition) is 5. The quantitative estimate of drug-likeness (QED) is 0.835. The molecule has 1 N–H and O–H groups in total. The number of carbonyl (C=O) groups is 1.